The molecule has 2 heterocycles. The van der Waals surface area contributed by atoms with Gasteiger partial charge in [-0.2, -0.15) is 0 Å². The predicted octanol–water partition coefficient (Wildman–Crippen LogP) is 12.7. The molecule has 2 N–H and O–H groups in total. The van der Waals surface area contributed by atoms with Crippen LogP contribution in [0.3, 0.4) is 0 Å². The third-order valence-corrected chi connectivity index (χ3v) is 14.4. The summed E-state index contributed by atoms with van der Waals surface area (Å²) in [4.78, 5) is 4.54. The van der Waals surface area contributed by atoms with Gasteiger partial charge in [0.25, 0.3) is 0 Å². The van der Waals surface area contributed by atoms with E-state index in [0.717, 1.165) is 85.6 Å². The minimum Gasteiger partial charge on any atom is -0.393 e. The van der Waals surface area contributed by atoms with Crippen LogP contribution in [0.15, 0.2) is 189 Å². The van der Waals surface area contributed by atoms with Crippen molar-refractivity contribution in [1.29, 1.82) is 0 Å². The molecule has 2 atom stereocenters. The van der Waals surface area contributed by atoms with Crippen LogP contribution in [-0.2, 0) is 20.7 Å². The van der Waals surface area contributed by atoms with Crippen LogP contribution in [0.5, 0.6) is 0 Å². The number of fused-ring (bicyclic) bond motifs is 6. The molecule has 0 saturated carbocycles. The lowest BCUT2D eigenvalue weighted by atomic mass is 9.71. The van der Waals surface area contributed by atoms with Gasteiger partial charge in [0.2, 0.25) is 0 Å². The van der Waals surface area contributed by atoms with E-state index in [1.807, 2.05) is 13.8 Å². The summed E-state index contributed by atoms with van der Waals surface area (Å²) in [6.45, 7) is 4.33. The fraction of sp³-hybridized carbons (Fsp3) is 0.185. The van der Waals surface area contributed by atoms with E-state index in [-0.39, 0.29) is 0 Å². The Labute approximate surface area is 360 Å². The Morgan fingerprint density at radius 2 is 0.717 bits per heavy atom. The van der Waals surface area contributed by atoms with Gasteiger partial charge < -0.3 is 19.7 Å². The Morgan fingerprint density at radius 3 is 1.07 bits per heavy atom. The summed E-state index contributed by atoms with van der Waals surface area (Å²) in [6.07, 6.45) is -0.108. The first kappa shape index (κ1) is 39.0. The van der Waals surface area contributed by atoms with Gasteiger partial charge in [-0.25, -0.2) is 0 Å². The lowest BCUT2D eigenvalue weighted by molar-refractivity contribution is -0.00767. The van der Waals surface area contributed by atoms with Crippen LogP contribution in [0, 0.1) is 0 Å². The molecule has 0 aromatic heterocycles. The highest BCUT2D eigenvalue weighted by molar-refractivity contribution is 7.99. The maximum atomic E-state index is 10.7. The Bertz CT molecular complexity index is 2590. The van der Waals surface area contributed by atoms with Gasteiger partial charge in [0.15, 0.2) is 0 Å². The molecule has 8 aromatic rings. The van der Waals surface area contributed by atoms with Crippen LogP contribution >= 0.6 is 23.5 Å². The van der Waals surface area contributed by atoms with Crippen molar-refractivity contribution in [1.82, 2.24) is 0 Å². The molecule has 6 heteroatoms. The molecular formula is C54H46O4S2. The maximum Gasteiger partial charge on any atom is 0.146 e. The molecule has 4 nitrogen and oxygen atoms in total. The van der Waals surface area contributed by atoms with Crippen molar-refractivity contribution in [3.8, 4) is 11.1 Å². The molecule has 2 aliphatic rings. The highest BCUT2D eigenvalue weighted by Crippen LogP contribution is 2.60. The highest BCUT2D eigenvalue weighted by Gasteiger charge is 2.49. The Hall–Kier alpha value is -5.18. The first-order chi connectivity index (χ1) is 29.4. The zero-order valence-electron chi connectivity index (χ0n) is 33.7. The van der Waals surface area contributed by atoms with E-state index >= 15 is 0 Å². The summed E-state index contributed by atoms with van der Waals surface area (Å²) in [7, 11) is 0. The number of rotatable bonds is 11. The highest BCUT2D eigenvalue weighted by atomic mass is 32.2. The lowest BCUT2D eigenvalue weighted by Crippen LogP contribution is -2.38. The summed E-state index contributed by atoms with van der Waals surface area (Å²) in [5, 5.41) is 25.8. The van der Waals surface area contributed by atoms with Crippen LogP contribution in [0.25, 0.3) is 32.7 Å². The third kappa shape index (κ3) is 6.40. The van der Waals surface area contributed by atoms with Gasteiger partial charge in [-0.05, 0) is 83.6 Å². The number of hydrogen-bond donors (Lipinski definition) is 2. The molecule has 0 aliphatic carbocycles. The average molecular weight is 823 g/mol. The molecule has 0 radical (unpaired) electrons. The zero-order chi connectivity index (χ0) is 40.8. The Kier molecular flexibility index (Phi) is 10.4. The minimum absolute atomic E-state index is 0.337. The van der Waals surface area contributed by atoms with Crippen molar-refractivity contribution in [3.05, 3.63) is 203 Å². The fourth-order valence-electron chi connectivity index (χ4n) is 9.39. The molecule has 2 aliphatic heterocycles. The standard InChI is InChI=1S/C54H46O4S2/c1-35(55)31-33-57-53(41-19-7-11-23-47(41)59-48-24-12-8-20-42(48)53)45-29-27-37-15-3-5-17-39(37)51(45)52-40-18-6-4-16-38(40)28-30-46(52)54(58-34-32-36(2)56)43-21-9-13-25-49(43)60-50-26-14-10-22-44(50)54/h3-30,35-36,55-56H,31-34H2,1-2H3/t35-,36-/m1/s1. The third-order valence-electron chi connectivity index (χ3n) is 12.1. The molecule has 0 spiro atoms. The summed E-state index contributed by atoms with van der Waals surface area (Å²) in [5.74, 6) is 0. The van der Waals surface area contributed by atoms with E-state index in [4.69, 9.17) is 9.47 Å². The van der Waals surface area contributed by atoms with Gasteiger partial charge in [-0.3, -0.25) is 0 Å². The quantitative estimate of drug-likeness (QED) is 0.136. The minimum atomic E-state index is -1.06. The first-order valence-corrected chi connectivity index (χ1v) is 22.5. The van der Waals surface area contributed by atoms with Gasteiger partial charge in [-0.1, -0.05) is 169 Å². The van der Waals surface area contributed by atoms with E-state index < -0.39 is 23.4 Å². The largest absolute Gasteiger partial charge is 0.393 e. The summed E-state index contributed by atoms with van der Waals surface area (Å²) < 4.78 is 15.0. The molecule has 10 rings (SSSR count). The Morgan fingerprint density at radius 1 is 0.400 bits per heavy atom. The number of aliphatic hydroxyl groups excluding tert-OH is 2. The van der Waals surface area contributed by atoms with E-state index in [2.05, 4.69) is 170 Å². The van der Waals surface area contributed by atoms with Crippen LogP contribution < -0.4 is 0 Å². The number of ether oxygens (including phenoxy) is 2. The van der Waals surface area contributed by atoms with E-state index in [0.29, 0.717) is 26.1 Å². The lowest BCUT2D eigenvalue weighted by Gasteiger charge is -2.44. The van der Waals surface area contributed by atoms with Gasteiger partial charge in [-0.15, -0.1) is 0 Å². The number of aliphatic hydroxyl groups is 2. The van der Waals surface area contributed by atoms with Gasteiger partial charge in [0.05, 0.1) is 25.4 Å². The second-order valence-corrected chi connectivity index (χ2v) is 18.1. The summed E-state index contributed by atoms with van der Waals surface area (Å²) in [6, 6.07) is 61.0. The van der Waals surface area contributed by atoms with Crippen molar-refractivity contribution >= 4 is 45.1 Å². The number of hydrogen-bond acceptors (Lipinski definition) is 6. The Balaban J connectivity index is 1.39. The SMILES string of the molecule is C[C@@H](O)CCOC1(c2ccc3ccccc3c2-c2c(C3(OCC[C@@H](C)O)c4ccccc4Sc4ccccc43)ccc3ccccc23)c2ccccc2Sc2ccccc21. The van der Waals surface area contributed by atoms with Gasteiger partial charge in [0, 0.05) is 53.0 Å². The smallest absolute Gasteiger partial charge is 0.146 e. The van der Waals surface area contributed by atoms with Crippen molar-refractivity contribution in [2.24, 2.45) is 0 Å². The molecule has 0 unspecified atom stereocenters. The molecule has 8 aromatic carbocycles. The monoisotopic (exact) mass is 822 g/mol. The zero-order valence-corrected chi connectivity index (χ0v) is 35.3. The fourth-order valence-corrected chi connectivity index (χ4v) is 11.7. The first-order valence-electron chi connectivity index (χ1n) is 20.8. The second kappa shape index (κ2) is 16.0. The van der Waals surface area contributed by atoms with Crippen molar-refractivity contribution in [2.75, 3.05) is 13.2 Å². The van der Waals surface area contributed by atoms with E-state index in [9.17, 15) is 10.2 Å². The molecule has 298 valence electrons. The molecule has 60 heavy (non-hydrogen) atoms. The molecule has 0 amide bonds. The summed E-state index contributed by atoms with van der Waals surface area (Å²) in [5.41, 5.74) is 6.37. The summed E-state index contributed by atoms with van der Waals surface area (Å²) >= 11 is 3.55. The van der Waals surface area contributed by atoms with Crippen molar-refractivity contribution in [2.45, 2.75) is 69.7 Å². The normalized spacial score (nSPS) is 15.7. The maximum absolute atomic E-state index is 10.7. The molecule has 0 saturated heterocycles. The topological polar surface area (TPSA) is 58.9 Å². The molecular weight excluding hydrogens is 777 g/mol. The van der Waals surface area contributed by atoms with Crippen molar-refractivity contribution in [3.63, 3.8) is 0 Å². The van der Waals surface area contributed by atoms with Crippen LogP contribution in [0.4, 0.5) is 0 Å². The van der Waals surface area contributed by atoms with Crippen LogP contribution in [0.1, 0.15) is 60.1 Å². The van der Waals surface area contributed by atoms with Crippen LogP contribution in [0.2, 0.25) is 0 Å². The molecule has 0 fully saturated rings. The number of benzene rings is 8. The second-order valence-electron chi connectivity index (χ2n) is 15.9. The average Bonchev–Trinajstić information content (AvgIpc) is 3.27. The van der Waals surface area contributed by atoms with E-state index in [1.165, 1.54) is 0 Å². The van der Waals surface area contributed by atoms with Gasteiger partial charge >= 0.3 is 0 Å². The predicted molar refractivity (Wildman–Crippen MR) is 245 cm³/mol. The van der Waals surface area contributed by atoms with Crippen LogP contribution in [-0.4, -0.2) is 35.6 Å². The molecule has 0 bridgehead atoms. The van der Waals surface area contributed by atoms with Crippen molar-refractivity contribution < 1.29 is 19.7 Å². The van der Waals surface area contributed by atoms with Gasteiger partial charge in [0.1, 0.15) is 11.2 Å². The van der Waals surface area contributed by atoms with E-state index in [1.54, 1.807) is 23.5 Å².